The van der Waals surface area contributed by atoms with E-state index in [1.54, 1.807) is 21.1 Å². The van der Waals surface area contributed by atoms with E-state index in [4.69, 9.17) is 0 Å². The molecule has 0 amide bonds. The first-order valence-corrected chi connectivity index (χ1v) is 17.2. The molecular weight excluding hydrogens is 363 g/mol. The van der Waals surface area contributed by atoms with Gasteiger partial charge in [-0.05, 0) is 0 Å². The Morgan fingerprint density at radius 1 is 0.960 bits per heavy atom. The van der Waals surface area contributed by atoms with Crippen LogP contribution in [-0.4, -0.2) is 13.3 Å². The average Bonchev–Trinajstić information content (AvgIpc) is 2.53. The van der Waals surface area contributed by atoms with Crippen molar-refractivity contribution in [1.82, 2.24) is 0 Å². The third kappa shape index (κ3) is 3.72. The number of benzene rings is 1. The molecule has 0 saturated heterocycles. The fraction of sp³-hybridized carbons (Fsp3) is 0.522. The van der Waals surface area contributed by atoms with E-state index in [1.165, 1.54) is 42.5 Å². The van der Waals surface area contributed by atoms with Gasteiger partial charge >= 0.3 is 157 Å². The maximum atomic E-state index is 2.50. The SMILES string of the molecule is Cc1cc2c(cc1-c1cc(C(C)C)[c]([Ge]([CH3])([CH3])[CH3])c[n+]1C)CCCC2. The first-order valence-electron chi connectivity index (χ1n) is 9.85. The number of nitrogens with zero attached hydrogens (tertiary/aromatic N) is 1. The Morgan fingerprint density at radius 2 is 1.56 bits per heavy atom. The van der Waals surface area contributed by atoms with Crippen molar-refractivity contribution in [1.29, 1.82) is 0 Å². The topological polar surface area (TPSA) is 3.88 Å². The third-order valence-electron chi connectivity index (χ3n) is 5.70. The van der Waals surface area contributed by atoms with Crippen LogP contribution in [0.5, 0.6) is 0 Å². The Balaban J connectivity index is 2.19. The van der Waals surface area contributed by atoms with Crippen molar-refractivity contribution in [2.75, 3.05) is 0 Å². The zero-order valence-corrected chi connectivity index (χ0v) is 19.3. The molecule has 0 spiro atoms. The maximum absolute atomic E-state index is 2.50. The molecule has 1 aliphatic carbocycles. The fourth-order valence-corrected chi connectivity index (χ4v) is 8.01. The summed E-state index contributed by atoms with van der Waals surface area (Å²) in [4.78, 5) is 0. The molecule has 0 N–H and O–H groups in total. The van der Waals surface area contributed by atoms with Crippen LogP contribution >= 0.6 is 0 Å². The molecule has 25 heavy (non-hydrogen) atoms. The van der Waals surface area contributed by atoms with Gasteiger partial charge in [-0.2, -0.15) is 0 Å². The summed E-state index contributed by atoms with van der Waals surface area (Å²) < 4.78 is 4.03. The monoisotopic (exact) mass is 398 g/mol. The van der Waals surface area contributed by atoms with Gasteiger partial charge in [-0.3, -0.25) is 0 Å². The first kappa shape index (κ1) is 18.7. The van der Waals surface area contributed by atoms with E-state index in [-0.39, 0.29) is 0 Å². The van der Waals surface area contributed by atoms with Crippen LogP contribution in [0.1, 0.15) is 54.9 Å². The summed E-state index contributed by atoms with van der Waals surface area (Å²) in [6, 6.07) is 7.43. The predicted octanol–water partition coefficient (Wildman–Crippen LogP) is 5.03. The van der Waals surface area contributed by atoms with Crippen LogP contribution in [0.4, 0.5) is 0 Å². The summed E-state index contributed by atoms with van der Waals surface area (Å²) in [5.41, 5.74) is 8.97. The molecule has 0 unspecified atom stereocenters. The average molecular weight is 397 g/mol. The van der Waals surface area contributed by atoms with Crippen LogP contribution in [0.3, 0.4) is 0 Å². The Kier molecular flexibility index (Phi) is 5.17. The van der Waals surface area contributed by atoms with E-state index >= 15 is 0 Å². The van der Waals surface area contributed by atoms with E-state index in [2.05, 4.69) is 74.1 Å². The molecule has 1 aromatic carbocycles. The number of aryl methyl sites for hydroxylation is 4. The second-order valence-electron chi connectivity index (χ2n) is 9.19. The van der Waals surface area contributed by atoms with Gasteiger partial charge in [0.05, 0.1) is 0 Å². The van der Waals surface area contributed by atoms with Crippen LogP contribution in [-0.2, 0) is 19.9 Å². The molecular formula is C23H34GeN+. The summed E-state index contributed by atoms with van der Waals surface area (Å²) in [6.07, 6.45) is 7.65. The predicted molar refractivity (Wildman–Crippen MR) is 112 cm³/mol. The summed E-state index contributed by atoms with van der Waals surface area (Å²) in [5.74, 6) is 8.10. The number of rotatable bonds is 3. The number of hydrogen-bond acceptors (Lipinski definition) is 0. The molecule has 0 aliphatic heterocycles. The summed E-state index contributed by atoms with van der Waals surface area (Å²) in [6.45, 7) is 6.97. The van der Waals surface area contributed by atoms with Gasteiger partial charge in [0, 0.05) is 0 Å². The van der Waals surface area contributed by atoms with Gasteiger partial charge < -0.3 is 0 Å². The number of pyridine rings is 1. The number of aromatic nitrogens is 1. The van der Waals surface area contributed by atoms with Crippen LogP contribution < -0.4 is 8.96 Å². The number of hydrogen-bond donors (Lipinski definition) is 0. The minimum atomic E-state index is -1.89. The molecule has 0 fully saturated rings. The van der Waals surface area contributed by atoms with Crippen molar-refractivity contribution in [2.24, 2.45) is 7.05 Å². The molecule has 2 aromatic rings. The van der Waals surface area contributed by atoms with Crippen molar-refractivity contribution < 1.29 is 4.57 Å². The molecule has 3 rings (SSSR count). The summed E-state index contributed by atoms with van der Waals surface area (Å²) in [7, 11) is 2.23. The van der Waals surface area contributed by atoms with Crippen molar-refractivity contribution in [3.8, 4) is 11.3 Å². The Hall–Kier alpha value is -1.09. The van der Waals surface area contributed by atoms with E-state index < -0.39 is 13.3 Å². The Morgan fingerprint density at radius 3 is 2.12 bits per heavy atom. The Labute approximate surface area is 156 Å². The van der Waals surface area contributed by atoms with Gasteiger partial charge in [0.2, 0.25) is 0 Å². The van der Waals surface area contributed by atoms with Gasteiger partial charge in [0.15, 0.2) is 0 Å². The van der Waals surface area contributed by atoms with Crippen LogP contribution in [0.25, 0.3) is 11.3 Å². The molecule has 0 radical (unpaired) electrons. The standard InChI is InChI=1S/C23H34GeN/c1-16(2)20-14-23(25(7)15-22(20)24(4,5)6)21-13-19-11-9-8-10-18(19)12-17(21)3/h12-16H,8-11H2,1-7H3/q+1. The van der Waals surface area contributed by atoms with Gasteiger partial charge in [-0.1, -0.05) is 0 Å². The normalized spacial score (nSPS) is 14.7. The quantitative estimate of drug-likeness (QED) is 0.505. The molecule has 0 saturated carbocycles. The van der Waals surface area contributed by atoms with Gasteiger partial charge in [-0.15, -0.1) is 0 Å². The first-order chi connectivity index (χ1) is 11.7. The summed E-state index contributed by atoms with van der Waals surface area (Å²) >= 11 is -1.89. The van der Waals surface area contributed by atoms with E-state index in [0.29, 0.717) is 5.92 Å². The third-order valence-corrected chi connectivity index (χ3v) is 9.97. The van der Waals surface area contributed by atoms with Crippen LogP contribution in [0.2, 0.25) is 17.3 Å². The second kappa shape index (κ2) is 6.91. The molecule has 1 aromatic heterocycles. The summed E-state index contributed by atoms with van der Waals surface area (Å²) in [5, 5.41) is 0. The minimum absolute atomic E-state index is 0.581. The van der Waals surface area contributed by atoms with Crippen LogP contribution in [0.15, 0.2) is 24.4 Å². The molecule has 1 heterocycles. The second-order valence-corrected chi connectivity index (χ2v) is 19.8. The van der Waals surface area contributed by atoms with Crippen molar-refractivity contribution in [3.05, 3.63) is 46.6 Å². The zero-order chi connectivity index (χ0) is 18.4. The van der Waals surface area contributed by atoms with Gasteiger partial charge in [0.25, 0.3) is 0 Å². The number of fused-ring (bicyclic) bond motifs is 1. The van der Waals surface area contributed by atoms with Crippen molar-refractivity contribution in [2.45, 2.75) is 69.6 Å². The van der Waals surface area contributed by atoms with Gasteiger partial charge in [0.1, 0.15) is 0 Å². The van der Waals surface area contributed by atoms with E-state index in [0.717, 1.165) is 0 Å². The van der Waals surface area contributed by atoms with Crippen molar-refractivity contribution >= 4 is 17.7 Å². The van der Waals surface area contributed by atoms with Crippen molar-refractivity contribution in [3.63, 3.8) is 0 Å². The molecule has 0 bridgehead atoms. The van der Waals surface area contributed by atoms with Gasteiger partial charge in [-0.25, -0.2) is 0 Å². The zero-order valence-electron chi connectivity index (χ0n) is 17.2. The van der Waals surface area contributed by atoms with E-state index in [1.807, 2.05) is 0 Å². The molecule has 1 nitrogen and oxygen atoms in total. The molecule has 2 heteroatoms. The molecule has 1 aliphatic rings. The van der Waals surface area contributed by atoms with E-state index in [9.17, 15) is 0 Å². The Bertz CT molecular complexity index is 797. The molecule has 134 valence electrons. The molecule has 0 atom stereocenters. The van der Waals surface area contributed by atoms with Crippen LogP contribution in [0, 0.1) is 6.92 Å². The fourth-order valence-electron chi connectivity index (χ4n) is 4.22.